The molecule has 2 saturated heterocycles. The highest BCUT2D eigenvalue weighted by Crippen LogP contribution is 2.35. The first-order chi connectivity index (χ1) is 20.6. The lowest BCUT2D eigenvalue weighted by Crippen LogP contribution is -2.51. The van der Waals surface area contributed by atoms with Crippen LogP contribution in [0.25, 0.3) is 0 Å². The van der Waals surface area contributed by atoms with Crippen molar-refractivity contribution in [1.82, 2.24) is 10.6 Å². The molecule has 0 unspecified atom stereocenters. The summed E-state index contributed by atoms with van der Waals surface area (Å²) < 4.78 is 34.9. The number of piperidine rings is 1. The minimum absolute atomic E-state index is 0.00675. The lowest BCUT2D eigenvalue weighted by atomic mass is 9.85. The van der Waals surface area contributed by atoms with Crippen molar-refractivity contribution >= 4 is 11.6 Å². The molecule has 3 aliphatic heterocycles. The molecule has 1 amide bonds. The Balaban J connectivity index is 1.26. The van der Waals surface area contributed by atoms with Gasteiger partial charge in [0.05, 0.1) is 38.2 Å². The first-order valence-corrected chi connectivity index (χ1v) is 15.1. The zero-order valence-electron chi connectivity index (χ0n) is 24.8. The molecule has 0 bridgehead atoms. The Morgan fingerprint density at radius 1 is 1.02 bits per heavy atom. The summed E-state index contributed by atoms with van der Waals surface area (Å²) >= 11 is 0. The number of carbonyl (C=O) groups is 1. The lowest BCUT2D eigenvalue weighted by molar-refractivity contribution is -0.132. The molecule has 230 valence electrons. The number of nitrogens with one attached hydrogen (secondary N) is 2. The molecule has 0 aromatic heterocycles. The van der Waals surface area contributed by atoms with E-state index < -0.39 is 0 Å². The van der Waals surface area contributed by atoms with Gasteiger partial charge in [0.25, 0.3) is 0 Å². The topological polar surface area (TPSA) is 99.8 Å². The second-order valence-electron chi connectivity index (χ2n) is 11.1. The second kappa shape index (κ2) is 15.5. The third-order valence-electron chi connectivity index (χ3n) is 8.23. The average molecular weight is 584 g/mol. The van der Waals surface area contributed by atoms with Crippen molar-refractivity contribution in [2.75, 3.05) is 78.3 Å². The van der Waals surface area contributed by atoms with Crippen LogP contribution in [0.4, 0.5) is 5.69 Å². The van der Waals surface area contributed by atoms with Crippen LogP contribution in [0.1, 0.15) is 36.3 Å². The molecular weight excluding hydrogens is 538 g/mol. The molecule has 0 radical (unpaired) electrons. The van der Waals surface area contributed by atoms with Crippen LogP contribution >= 0.6 is 0 Å². The van der Waals surface area contributed by atoms with Gasteiger partial charge in [0.2, 0.25) is 5.91 Å². The Labute approximate surface area is 248 Å². The Bertz CT molecular complexity index is 1130. The summed E-state index contributed by atoms with van der Waals surface area (Å²) in [7, 11) is 3.40. The molecule has 3 heterocycles. The number of hydrogen-bond donors (Lipinski definition) is 2. The van der Waals surface area contributed by atoms with Gasteiger partial charge in [-0.25, -0.2) is 0 Å². The number of rotatable bonds is 13. The number of fused-ring (bicyclic) bond motifs is 1. The van der Waals surface area contributed by atoms with Gasteiger partial charge in [0.15, 0.2) is 0 Å². The van der Waals surface area contributed by atoms with Crippen molar-refractivity contribution in [3.63, 3.8) is 0 Å². The van der Waals surface area contributed by atoms with Gasteiger partial charge in [0, 0.05) is 58.5 Å². The Morgan fingerprint density at radius 2 is 1.81 bits per heavy atom. The van der Waals surface area contributed by atoms with Gasteiger partial charge in [-0.05, 0) is 54.7 Å². The van der Waals surface area contributed by atoms with Crippen molar-refractivity contribution in [3.8, 4) is 11.5 Å². The first-order valence-electron chi connectivity index (χ1n) is 15.1. The highest BCUT2D eigenvalue weighted by Gasteiger charge is 2.36. The second-order valence-corrected chi connectivity index (χ2v) is 11.1. The van der Waals surface area contributed by atoms with E-state index in [-0.39, 0.29) is 36.7 Å². The number of nitrogens with zero attached hydrogens (tertiary/aromatic N) is 1. The highest BCUT2D eigenvalue weighted by atomic mass is 16.5. The zero-order chi connectivity index (χ0) is 29.1. The summed E-state index contributed by atoms with van der Waals surface area (Å²) in [5.74, 6) is 1.56. The van der Waals surface area contributed by atoms with Crippen molar-refractivity contribution < 1.29 is 33.2 Å². The average Bonchev–Trinajstić information content (AvgIpc) is 3.03. The normalized spacial score (nSPS) is 22.7. The van der Waals surface area contributed by atoms with Crippen LogP contribution in [-0.4, -0.2) is 97.6 Å². The largest absolute Gasteiger partial charge is 0.497 e. The van der Waals surface area contributed by atoms with Crippen LogP contribution in [0.5, 0.6) is 11.5 Å². The van der Waals surface area contributed by atoms with Gasteiger partial charge in [-0.3, -0.25) is 4.79 Å². The molecule has 0 aliphatic carbocycles. The maximum Gasteiger partial charge on any atom is 0.246 e. The van der Waals surface area contributed by atoms with E-state index in [1.807, 2.05) is 18.2 Å². The van der Waals surface area contributed by atoms with Gasteiger partial charge in [0.1, 0.15) is 24.7 Å². The van der Waals surface area contributed by atoms with E-state index in [1.54, 1.807) is 14.2 Å². The number of hydrogen-bond acceptors (Lipinski definition) is 9. The molecule has 0 saturated carbocycles. The fourth-order valence-electron chi connectivity index (χ4n) is 5.98. The molecule has 2 aromatic rings. The third-order valence-corrected chi connectivity index (χ3v) is 8.23. The van der Waals surface area contributed by atoms with E-state index >= 15 is 0 Å². The first kappa shape index (κ1) is 30.6. The van der Waals surface area contributed by atoms with Gasteiger partial charge in [-0.1, -0.05) is 18.2 Å². The van der Waals surface area contributed by atoms with E-state index in [9.17, 15) is 4.79 Å². The van der Waals surface area contributed by atoms with Gasteiger partial charge in [-0.2, -0.15) is 0 Å². The van der Waals surface area contributed by atoms with E-state index in [2.05, 4.69) is 39.8 Å². The Kier molecular flexibility index (Phi) is 11.3. The van der Waals surface area contributed by atoms with Crippen LogP contribution < -0.4 is 25.0 Å². The summed E-state index contributed by atoms with van der Waals surface area (Å²) in [6, 6.07) is 14.5. The third kappa shape index (κ3) is 8.14. The van der Waals surface area contributed by atoms with Crippen molar-refractivity contribution in [2.45, 2.75) is 50.0 Å². The number of anilines is 1. The number of carbonyl (C=O) groups excluding carboxylic acids is 1. The summed E-state index contributed by atoms with van der Waals surface area (Å²) in [6.45, 7) is 6.33. The molecule has 42 heavy (non-hydrogen) atoms. The van der Waals surface area contributed by atoms with Crippen LogP contribution in [0.3, 0.4) is 0 Å². The van der Waals surface area contributed by atoms with Crippen LogP contribution in [0.15, 0.2) is 42.5 Å². The standard InChI is InChI=1S/C32H45N3O7/c1-37-14-3-12-35-13-17-40-28-9-4-23(18-27(28)35)21-41-29-19-33-20-30(32(29)24-5-7-26(38-2)8-6-24)42-22-31(36)34-25-10-15-39-16-11-25/h4-9,18,25,29-30,32-33H,3,10-17,19-22H2,1-2H3,(H,34,36)/t29-,30+,32+/m0/s1. The summed E-state index contributed by atoms with van der Waals surface area (Å²) in [4.78, 5) is 15.1. The molecule has 3 atom stereocenters. The molecule has 5 rings (SSSR count). The highest BCUT2D eigenvalue weighted by molar-refractivity contribution is 5.77. The van der Waals surface area contributed by atoms with E-state index in [4.69, 9.17) is 28.4 Å². The summed E-state index contributed by atoms with van der Waals surface area (Å²) in [5.41, 5.74) is 3.28. The van der Waals surface area contributed by atoms with Gasteiger partial charge in [-0.15, -0.1) is 0 Å². The van der Waals surface area contributed by atoms with Crippen LogP contribution in [-0.2, 0) is 30.3 Å². The van der Waals surface area contributed by atoms with E-state index in [1.165, 1.54) is 0 Å². The number of methoxy groups -OCH3 is 2. The molecule has 2 N–H and O–H groups in total. The molecule has 3 aliphatic rings. The molecule has 10 nitrogen and oxygen atoms in total. The summed E-state index contributed by atoms with van der Waals surface area (Å²) in [6.07, 6.45) is 2.25. The molecule has 2 fully saturated rings. The van der Waals surface area contributed by atoms with E-state index in [0.29, 0.717) is 39.5 Å². The molecule has 2 aromatic carbocycles. The van der Waals surface area contributed by atoms with Crippen LogP contribution in [0.2, 0.25) is 0 Å². The summed E-state index contributed by atoms with van der Waals surface area (Å²) in [5, 5.41) is 6.57. The maximum atomic E-state index is 12.7. The zero-order valence-corrected chi connectivity index (χ0v) is 24.8. The van der Waals surface area contributed by atoms with Gasteiger partial charge >= 0.3 is 0 Å². The Morgan fingerprint density at radius 3 is 2.57 bits per heavy atom. The van der Waals surface area contributed by atoms with E-state index in [0.717, 1.165) is 67.3 Å². The van der Waals surface area contributed by atoms with Crippen molar-refractivity contribution in [1.29, 1.82) is 0 Å². The lowest BCUT2D eigenvalue weighted by Gasteiger charge is -2.39. The molecule has 10 heteroatoms. The van der Waals surface area contributed by atoms with Gasteiger partial charge < -0.3 is 44.0 Å². The number of amides is 1. The monoisotopic (exact) mass is 583 g/mol. The molecular formula is C32H45N3O7. The smallest absolute Gasteiger partial charge is 0.246 e. The van der Waals surface area contributed by atoms with Crippen molar-refractivity contribution in [2.24, 2.45) is 0 Å². The fraction of sp³-hybridized carbons (Fsp3) is 0.594. The predicted molar refractivity (Wildman–Crippen MR) is 160 cm³/mol. The molecule has 0 spiro atoms. The van der Waals surface area contributed by atoms with Crippen molar-refractivity contribution in [3.05, 3.63) is 53.6 Å². The fourth-order valence-corrected chi connectivity index (χ4v) is 5.98. The minimum Gasteiger partial charge on any atom is -0.497 e. The maximum absolute atomic E-state index is 12.7. The predicted octanol–water partition coefficient (Wildman–Crippen LogP) is 2.88. The Hall–Kier alpha value is -2.89. The van der Waals surface area contributed by atoms with Crippen LogP contribution in [0, 0.1) is 0 Å². The SMILES string of the molecule is COCCCN1CCOc2ccc(CO[C@H]3CNC[C@@H](OCC(=O)NC4CCOCC4)[C@@H]3c3ccc(OC)cc3)cc21. The quantitative estimate of drug-likeness (QED) is 0.345. The number of benzene rings is 2. The number of ether oxygens (including phenoxy) is 6. The minimum atomic E-state index is -0.231.